The summed E-state index contributed by atoms with van der Waals surface area (Å²) in [6.07, 6.45) is 1.63. The van der Waals surface area contributed by atoms with Crippen molar-refractivity contribution in [2.45, 2.75) is 107 Å². The number of aliphatic hydroxyl groups is 1. The van der Waals surface area contributed by atoms with Gasteiger partial charge in [-0.2, -0.15) is 41.4 Å². The maximum atomic E-state index is 17.0. The Morgan fingerprint density at radius 3 is 2.29 bits per heavy atom. The van der Waals surface area contributed by atoms with Gasteiger partial charge in [-0.05, 0) is 75.6 Å². The Morgan fingerprint density at radius 2 is 1.59 bits per heavy atom. The number of aromatic nitrogens is 5. The van der Waals surface area contributed by atoms with Crippen molar-refractivity contribution in [3.8, 4) is 17.3 Å². The highest BCUT2D eigenvalue weighted by molar-refractivity contribution is 5.99. The number of aromatic amines is 1. The minimum atomic E-state index is -5.08. The molecule has 3 atom stereocenters. The minimum absolute atomic E-state index is 0.0743. The first kappa shape index (κ1) is 43.7. The van der Waals surface area contributed by atoms with Gasteiger partial charge in [0.25, 0.3) is 0 Å². The van der Waals surface area contributed by atoms with Crippen molar-refractivity contribution in [2.75, 3.05) is 37.7 Å². The zero-order chi connectivity index (χ0) is 42.9. The van der Waals surface area contributed by atoms with Gasteiger partial charge >= 0.3 is 30.3 Å². The number of ether oxygens (including phenoxy) is 1. The molecule has 6 bridgehead atoms. The lowest BCUT2D eigenvalue weighted by molar-refractivity contribution is -0.193. The van der Waals surface area contributed by atoms with Crippen LogP contribution in [0.3, 0.4) is 0 Å². The van der Waals surface area contributed by atoms with Gasteiger partial charge in [-0.1, -0.05) is 19.3 Å². The van der Waals surface area contributed by atoms with Gasteiger partial charge in [-0.3, -0.25) is 15.0 Å². The van der Waals surface area contributed by atoms with E-state index in [4.69, 9.17) is 34.5 Å². The van der Waals surface area contributed by atoms with Gasteiger partial charge in [0, 0.05) is 43.2 Å². The number of fused-ring (bicyclic) bond motifs is 8. The van der Waals surface area contributed by atoms with E-state index in [1.54, 1.807) is 12.4 Å². The number of benzene rings is 1. The van der Waals surface area contributed by atoms with Crippen molar-refractivity contribution in [2.24, 2.45) is 0 Å². The lowest BCUT2D eigenvalue weighted by atomic mass is 9.86. The quantitative estimate of drug-likeness (QED) is 0.155. The molecule has 4 aromatic rings. The lowest BCUT2D eigenvalue weighted by Gasteiger charge is -2.40. The number of halogens is 8. The zero-order valence-electron chi connectivity index (χ0n) is 31.9. The molecule has 3 aromatic heterocycles. The number of alkyl halides is 7. The number of rotatable bonds is 3. The third kappa shape index (κ3) is 9.60. The number of aliphatic carboxylic acids is 2. The molecule has 3 saturated heterocycles. The number of hydrogen-bond acceptors (Lipinski definition) is 10. The number of H-pyrrole nitrogens is 1. The molecule has 5 aliphatic heterocycles. The summed E-state index contributed by atoms with van der Waals surface area (Å²) in [5, 5.41) is 34.6. The highest BCUT2D eigenvalue weighted by Gasteiger charge is 2.49. The number of nitrogens with zero attached hydrogens (tertiary/aromatic N) is 6. The molecule has 0 saturated carbocycles. The molecular formula is C38H43F8N7O6. The summed E-state index contributed by atoms with van der Waals surface area (Å²) in [7, 11) is 0. The zero-order valence-corrected chi connectivity index (χ0v) is 31.9. The standard InChI is InChI=1S/C34H41F2N7O2.2C2HF3O2/c1-21-14-26-24(17-38-41-26)27-23(21)8-4-2-3-5-10-34(44)11-7-12-42(19-34)31-25-16-37-30(27)28(36)29(25)39-32(40-31)45-20-33-9-6-13-43(33)18-22(35)15-33;2*3-2(4,5)1(6)7/h14,16-17,22,44H,2-13,15,18-20H2,1H3,(H,38,41);2*(H,6,7)/t22-,33+,34+;;/m1../s1. The number of carboxylic acid groups (broad SMARTS) is 2. The van der Waals surface area contributed by atoms with Gasteiger partial charge in [0.15, 0.2) is 5.82 Å². The van der Waals surface area contributed by atoms with Gasteiger partial charge in [0.2, 0.25) is 0 Å². The van der Waals surface area contributed by atoms with E-state index in [0.29, 0.717) is 43.7 Å². The van der Waals surface area contributed by atoms with Crippen LogP contribution in [0, 0.1) is 12.7 Å². The molecule has 8 heterocycles. The predicted molar refractivity (Wildman–Crippen MR) is 196 cm³/mol. The molecule has 0 unspecified atom stereocenters. The van der Waals surface area contributed by atoms with Crippen molar-refractivity contribution < 1.29 is 64.8 Å². The Labute approximate surface area is 331 Å². The summed E-state index contributed by atoms with van der Waals surface area (Å²) in [5.74, 6) is -5.52. The van der Waals surface area contributed by atoms with Crippen LogP contribution in [0.5, 0.6) is 6.01 Å². The molecule has 9 rings (SSSR count). The van der Waals surface area contributed by atoms with Crippen molar-refractivity contribution >= 4 is 39.6 Å². The molecule has 0 radical (unpaired) electrons. The Hall–Kier alpha value is -4.92. The average molecular weight is 846 g/mol. The fourth-order valence-electron chi connectivity index (χ4n) is 8.62. The first-order valence-electron chi connectivity index (χ1n) is 19.1. The Morgan fingerprint density at radius 1 is 0.932 bits per heavy atom. The molecule has 13 nitrogen and oxygen atoms in total. The second-order valence-electron chi connectivity index (χ2n) is 15.5. The molecule has 0 spiro atoms. The maximum Gasteiger partial charge on any atom is 0.490 e. The topological polar surface area (TPSA) is 178 Å². The number of aryl methyl sites for hydroxylation is 1. The van der Waals surface area contributed by atoms with E-state index < -0.39 is 41.9 Å². The summed E-state index contributed by atoms with van der Waals surface area (Å²) < 4.78 is 101. The van der Waals surface area contributed by atoms with E-state index in [0.717, 1.165) is 91.9 Å². The van der Waals surface area contributed by atoms with E-state index in [2.05, 4.69) is 33.1 Å². The smallest absolute Gasteiger partial charge is 0.475 e. The minimum Gasteiger partial charge on any atom is -0.475 e. The third-order valence-electron chi connectivity index (χ3n) is 11.3. The van der Waals surface area contributed by atoms with Gasteiger partial charge in [-0.25, -0.2) is 18.4 Å². The molecule has 322 valence electrons. The van der Waals surface area contributed by atoms with Crippen molar-refractivity contribution in [1.29, 1.82) is 0 Å². The number of carboxylic acids is 2. The number of hydrogen-bond donors (Lipinski definition) is 4. The molecule has 0 aliphatic carbocycles. The first-order valence-corrected chi connectivity index (χ1v) is 19.1. The number of carbonyl (C=O) groups is 2. The Bertz CT molecular complexity index is 2160. The van der Waals surface area contributed by atoms with Crippen LogP contribution in [0.25, 0.3) is 33.1 Å². The van der Waals surface area contributed by atoms with Crippen LogP contribution in [-0.2, 0) is 16.0 Å². The summed E-state index contributed by atoms with van der Waals surface area (Å²) in [5.41, 5.74) is 2.86. The monoisotopic (exact) mass is 845 g/mol. The van der Waals surface area contributed by atoms with Crippen LogP contribution in [0.2, 0.25) is 0 Å². The summed E-state index contributed by atoms with van der Waals surface area (Å²) in [6.45, 7) is 4.66. The molecular weight excluding hydrogens is 802 g/mol. The van der Waals surface area contributed by atoms with E-state index in [-0.39, 0.29) is 29.4 Å². The van der Waals surface area contributed by atoms with Crippen molar-refractivity contribution in [1.82, 2.24) is 30.0 Å². The number of anilines is 1. The van der Waals surface area contributed by atoms with E-state index >= 15 is 4.39 Å². The van der Waals surface area contributed by atoms with Crippen molar-refractivity contribution in [3.05, 3.63) is 35.4 Å². The summed E-state index contributed by atoms with van der Waals surface area (Å²) in [6, 6.07) is 2.15. The van der Waals surface area contributed by atoms with E-state index in [1.807, 2.05) is 4.90 Å². The summed E-state index contributed by atoms with van der Waals surface area (Å²) >= 11 is 0. The van der Waals surface area contributed by atoms with Crippen LogP contribution in [0.4, 0.5) is 40.9 Å². The molecule has 5 aliphatic rings. The SMILES string of the molecule is Cc1cc2[nH]ncc2c2c1CCCCCC[C@]1(O)CCCN(C1)c1nc(OC[C@@]34CCCN3C[C@H](F)C4)nc3c(F)c-2ncc13.O=C(O)C(F)(F)F.O=C(O)C(F)(F)F. The highest BCUT2D eigenvalue weighted by Crippen LogP contribution is 2.42. The fraction of sp³-hybridized carbons (Fsp3) is 0.579. The Kier molecular flexibility index (Phi) is 12.6. The predicted octanol–water partition coefficient (Wildman–Crippen LogP) is 7.08. The van der Waals surface area contributed by atoms with Crippen LogP contribution in [-0.4, -0.2) is 120 Å². The van der Waals surface area contributed by atoms with Gasteiger partial charge in [0.1, 0.15) is 29.8 Å². The number of nitrogens with one attached hydrogen (secondary N) is 1. The molecule has 59 heavy (non-hydrogen) atoms. The molecule has 1 aromatic carbocycles. The highest BCUT2D eigenvalue weighted by atomic mass is 19.4. The van der Waals surface area contributed by atoms with Gasteiger partial charge in [0.05, 0.1) is 28.2 Å². The maximum absolute atomic E-state index is 17.0. The fourth-order valence-corrected chi connectivity index (χ4v) is 8.62. The van der Waals surface area contributed by atoms with Crippen LogP contribution in [0.15, 0.2) is 18.5 Å². The molecule has 21 heteroatoms. The van der Waals surface area contributed by atoms with Gasteiger partial charge < -0.3 is 25.0 Å². The molecule has 3 fully saturated rings. The second-order valence-corrected chi connectivity index (χ2v) is 15.5. The number of piperidine rings is 1. The van der Waals surface area contributed by atoms with E-state index in [1.165, 1.54) is 0 Å². The first-order chi connectivity index (χ1) is 27.7. The summed E-state index contributed by atoms with van der Waals surface area (Å²) in [4.78, 5) is 36.3. The van der Waals surface area contributed by atoms with Crippen LogP contribution < -0.4 is 9.64 Å². The van der Waals surface area contributed by atoms with Crippen molar-refractivity contribution in [3.63, 3.8) is 0 Å². The Balaban J connectivity index is 0.000000361. The lowest BCUT2D eigenvalue weighted by Crippen LogP contribution is -2.48. The van der Waals surface area contributed by atoms with Crippen LogP contribution >= 0.6 is 0 Å². The molecule has 4 N–H and O–H groups in total. The molecule has 0 amide bonds. The largest absolute Gasteiger partial charge is 0.490 e. The van der Waals surface area contributed by atoms with E-state index in [9.17, 15) is 35.8 Å². The van der Waals surface area contributed by atoms with Gasteiger partial charge in [-0.15, -0.1) is 0 Å². The average Bonchev–Trinajstić information content (AvgIpc) is 3.86. The normalized spacial score (nSPS) is 23.6. The third-order valence-corrected chi connectivity index (χ3v) is 11.3. The second kappa shape index (κ2) is 17.0. The number of pyridine rings is 1. The van der Waals surface area contributed by atoms with Crippen LogP contribution in [0.1, 0.15) is 75.3 Å².